The summed E-state index contributed by atoms with van der Waals surface area (Å²) >= 11 is 4.14. The summed E-state index contributed by atoms with van der Waals surface area (Å²) in [4.78, 5) is 26.3. The first-order chi connectivity index (χ1) is 16.0. The van der Waals surface area contributed by atoms with Gasteiger partial charge in [0.25, 0.3) is 0 Å². The van der Waals surface area contributed by atoms with Crippen molar-refractivity contribution in [1.29, 1.82) is 0 Å². The van der Waals surface area contributed by atoms with Gasteiger partial charge in [-0.25, -0.2) is 4.79 Å². The van der Waals surface area contributed by atoms with Crippen LogP contribution >= 0.6 is 34.4 Å². The molecule has 0 bridgehead atoms. The van der Waals surface area contributed by atoms with Gasteiger partial charge in [0.1, 0.15) is 10.6 Å². The summed E-state index contributed by atoms with van der Waals surface area (Å²) in [5.41, 5.74) is 3.27. The van der Waals surface area contributed by atoms with E-state index >= 15 is 0 Å². The second-order valence-corrected chi connectivity index (χ2v) is 9.84. The van der Waals surface area contributed by atoms with E-state index in [0.29, 0.717) is 15.7 Å². The highest BCUT2D eigenvalue weighted by Crippen LogP contribution is 2.38. The van der Waals surface area contributed by atoms with Gasteiger partial charge in [0, 0.05) is 28.4 Å². The Labute approximate surface area is 203 Å². The molecule has 0 saturated carbocycles. The number of ether oxygens (including phenoxy) is 1. The van der Waals surface area contributed by atoms with Gasteiger partial charge in [0.15, 0.2) is 11.0 Å². The molecule has 3 heterocycles. The predicted octanol–water partition coefficient (Wildman–Crippen LogP) is 5.49. The van der Waals surface area contributed by atoms with Gasteiger partial charge in [-0.05, 0) is 30.9 Å². The van der Waals surface area contributed by atoms with Crippen LogP contribution < -0.4 is 5.32 Å². The lowest BCUT2D eigenvalue weighted by Gasteiger charge is -2.08. The van der Waals surface area contributed by atoms with Gasteiger partial charge in [-0.2, -0.15) is 0 Å². The molecule has 0 aliphatic carbocycles. The third-order valence-corrected chi connectivity index (χ3v) is 7.68. The van der Waals surface area contributed by atoms with E-state index in [9.17, 15) is 9.59 Å². The third kappa shape index (κ3) is 5.02. The Kier molecular flexibility index (Phi) is 7.26. The Balaban J connectivity index is 1.48. The molecule has 1 N–H and O–H groups in total. The maximum absolute atomic E-state index is 12.7. The van der Waals surface area contributed by atoms with Crippen LogP contribution in [-0.4, -0.2) is 39.0 Å². The number of carbonyl (C=O) groups excluding carboxylic acids is 2. The molecule has 10 heteroatoms. The van der Waals surface area contributed by atoms with Crippen molar-refractivity contribution in [2.24, 2.45) is 7.05 Å². The first-order valence-electron chi connectivity index (χ1n) is 10.2. The Hall–Kier alpha value is -2.95. The zero-order chi connectivity index (χ0) is 23.4. The van der Waals surface area contributed by atoms with Crippen LogP contribution in [0.1, 0.15) is 22.8 Å². The standard InChI is InChI=1S/C23H22N4O3S3/c1-4-30-22(29)19-16(17-10-7-11-31-17)12-32-21(19)24-18(28)13-33-23-26-25-20(27(23)3)15-9-6-5-8-14(15)2/h5-12H,4,13H2,1-3H3,(H,24,28). The molecule has 0 aliphatic rings. The van der Waals surface area contributed by atoms with Crippen LogP contribution in [0.2, 0.25) is 0 Å². The van der Waals surface area contributed by atoms with Gasteiger partial charge >= 0.3 is 5.97 Å². The van der Waals surface area contributed by atoms with Crippen LogP contribution in [-0.2, 0) is 16.6 Å². The first-order valence-corrected chi connectivity index (χ1v) is 12.9. The van der Waals surface area contributed by atoms with Crippen molar-refractivity contribution < 1.29 is 14.3 Å². The summed E-state index contributed by atoms with van der Waals surface area (Å²) < 4.78 is 7.12. The lowest BCUT2D eigenvalue weighted by molar-refractivity contribution is -0.113. The van der Waals surface area contributed by atoms with Gasteiger partial charge in [0.05, 0.1) is 12.4 Å². The van der Waals surface area contributed by atoms with Gasteiger partial charge in [-0.3, -0.25) is 4.79 Å². The number of nitrogens with zero attached hydrogens (tertiary/aromatic N) is 3. The van der Waals surface area contributed by atoms with E-state index in [-0.39, 0.29) is 18.3 Å². The second kappa shape index (κ2) is 10.3. The Morgan fingerprint density at radius 2 is 1.94 bits per heavy atom. The maximum Gasteiger partial charge on any atom is 0.341 e. The molecule has 3 aromatic heterocycles. The summed E-state index contributed by atoms with van der Waals surface area (Å²) in [7, 11) is 1.88. The van der Waals surface area contributed by atoms with Crippen molar-refractivity contribution in [3.8, 4) is 21.8 Å². The number of rotatable bonds is 8. The van der Waals surface area contributed by atoms with E-state index in [1.165, 1.54) is 34.4 Å². The van der Waals surface area contributed by atoms with E-state index in [0.717, 1.165) is 27.4 Å². The van der Waals surface area contributed by atoms with Crippen molar-refractivity contribution in [3.63, 3.8) is 0 Å². The lowest BCUT2D eigenvalue weighted by atomic mass is 10.1. The largest absolute Gasteiger partial charge is 0.462 e. The Morgan fingerprint density at radius 1 is 1.12 bits per heavy atom. The molecule has 4 aromatic rings. The molecule has 0 saturated heterocycles. The van der Waals surface area contributed by atoms with E-state index in [4.69, 9.17) is 4.74 Å². The van der Waals surface area contributed by atoms with Gasteiger partial charge in [-0.15, -0.1) is 32.9 Å². The monoisotopic (exact) mass is 498 g/mol. The number of esters is 1. The van der Waals surface area contributed by atoms with E-state index in [1.54, 1.807) is 6.92 Å². The second-order valence-electron chi connectivity index (χ2n) is 7.07. The number of anilines is 1. The van der Waals surface area contributed by atoms with Gasteiger partial charge in [-0.1, -0.05) is 42.1 Å². The number of aromatic nitrogens is 3. The van der Waals surface area contributed by atoms with Gasteiger partial charge < -0.3 is 14.6 Å². The fraction of sp³-hybridized carbons (Fsp3) is 0.217. The number of carbonyl (C=O) groups is 2. The molecule has 0 aliphatic heterocycles. The minimum atomic E-state index is -0.443. The highest BCUT2D eigenvalue weighted by Gasteiger charge is 2.23. The summed E-state index contributed by atoms with van der Waals surface area (Å²) in [5.74, 6) is 0.208. The Morgan fingerprint density at radius 3 is 2.67 bits per heavy atom. The molecule has 1 aromatic carbocycles. The molecule has 33 heavy (non-hydrogen) atoms. The summed E-state index contributed by atoms with van der Waals surface area (Å²) in [6, 6.07) is 11.8. The quantitative estimate of drug-likeness (QED) is 0.255. The SMILES string of the molecule is CCOC(=O)c1c(-c2cccs2)csc1NC(=O)CSc1nnc(-c2ccccc2C)n1C. The maximum atomic E-state index is 12.7. The smallest absolute Gasteiger partial charge is 0.341 e. The molecular formula is C23H22N4O3S3. The minimum Gasteiger partial charge on any atom is -0.462 e. The van der Waals surface area contributed by atoms with Crippen LogP contribution in [0.4, 0.5) is 5.00 Å². The van der Waals surface area contributed by atoms with Crippen LogP contribution in [0.5, 0.6) is 0 Å². The molecular weight excluding hydrogens is 476 g/mol. The highest BCUT2D eigenvalue weighted by atomic mass is 32.2. The van der Waals surface area contributed by atoms with Gasteiger partial charge in [0.2, 0.25) is 5.91 Å². The van der Waals surface area contributed by atoms with Crippen molar-refractivity contribution in [3.05, 3.63) is 58.3 Å². The van der Waals surface area contributed by atoms with E-state index < -0.39 is 5.97 Å². The number of thiophene rings is 2. The van der Waals surface area contributed by atoms with Crippen molar-refractivity contribution >= 4 is 51.3 Å². The average Bonchev–Trinajstić information content (AvgIpc) is 3.53. The molecule has 7 nitrogen and oxygen atoms in total. The fourth-order valence-corrected chi connectivity index (χ4v) is 5.76. The number of aryl methyl sites for hydroxylation is 1. The van der Waals surface area contributed by atoms with Crippen LogP contribution in [0.25, 0.3) is 21.8 Å². The summed E-state index contributed by atoms with van der Waals surface area (Å²) in [6.07, 6.45) is 0. The van der Waals surface area contributed by atoms with E-state index in [1.807, 2.05) is 65.7 Å². The number of amides is 1. The molecule has 0 radical (unpaired) electrons. The van der Waals surface area contributed by atoms with E-state index in [2.05, 4.69) is 15.5 Å². The predicted molar refractivity (Wildman–Crippen MR) is 134 cm³/mol. The fourth-order valence-electron chi connectivity index (χ4n) is 3.26. The van der Waals surface area contributed by atoms with Crippen LogP contribution in [0.3, 0.4) is 0 Å². The molecule has 0 spiro atoms. The number of thioether (sulfide) groups is 1. The van der Waals surface area contributed by atoms with Crippen molar-refractivity contribution in [2.45, 2.75) is 19.0 Å². The molecule has 170 valence electrons. The Bertz CT molecular complexity index is 1280. The number of benzene rings is 1. The van der Waals surface area contributed by atoms with Crippen molar-refractivity contribution in [1.82, 2.24) is 14.8 Å². The summed E-state index contributed by atoms with van der Waals surface area (Å²) in [5, 5.41) is 16.4. The number of hydrogen-bond donors (Lipinski definition) is 1. The van der Waals surface area contributed by atoms with Crippen LogP contribution in [0, 0.1) is 6.92 Å². The third-order valence-electron chi connectivity index (χ3n) is 4.86. The normalized spacial score (nSPS) is 10.9. The molecule has 1 amide bonds. The van der Waals surface area contributed by atoms with Crippen molar-refractivity contribution in [2.75, 3.05) is 17.7 Å². The zero-order valence-corrected chi connectivity index (χ0v) is 20.8. The zero-order valence-electron chi connectivity index (χ0n) is 18.3. The average molecular weight is 499 g/mol. The first kappa shape index (κ1) is 23.2. The highest BCUT2D eigenvalue weighted by molar-refractivity contribution is 7.99. The molecule has 4 rings (SSSR count). The topological polar surface area (TPSA) is 86.1 Å². The number of hydrogen-bond acceptors (Lipinski definition) is 8. The van der Waals surface area contributed by atoms with Crippen LogP contribution in [0.15, 0.2) is 52.3 Å². The molecule has 0 fully saturated rings. The minimum absolute atomic E-state index is 0.133. The molecule has 0 atom stereocenters. The lowest BCUT2D eigenvalue weighted by Crippen LogP contribution is -2.16. The summed E-state index contributed by atoms with van der Waals surface area (Å²) in [6.45, 7) is 4.05. The molecule has 0 unspecified atom stereocenters. The number of nitrogens with one attached hydrogen (secondary N) is 1.